The van der Waals surface area contributed by atoms with Gasteiger partial charge in [0.25, 0.3) is 0 Å². The van der Waals surface area contributed by atoms with Crippen molar-refractivity contribution in [3.63, 3.8) is 0 Å². The van der Waals surface area contributed by atoms with E-state index in [0.29, 0.717) is 44.5 Å². The number of amides is 1. The van der Waals surface area contributed by atoms with Gasteiger partial charge in [-0.1, -0.05) is 0 Å². The average molecular weight is 494 g/mol. The van der Waals surface area contributed by atoms with E-state index in [-0.39, 0.29) is 29.8 Å². The summed E-state index contributed by atoms with van der Waals surface area (Å²) in [6.07, 6.45) is 0.743. The number of carbonyl (C=O) groups is 1. The minimum atomic E-state index is -3.79. The Morgan fingerprint density at radius 2 is 1.82 bits per heavy atom. The smallest absolute Gasteiger partial charge is 0.240 e. The molecule has 34 heavy (non-hydrogen) atoms. The minimum absolute atomic E-state index is 0.0107. The lowest BCUT2D eigenvalue weighted by atomic mass is 10.1. The zero-order valence-corrected chi connectivity index (χ0v) is 20.1. The molecule has 4 rings (SSSR count). The van der Waals surface area contributed by atoms with Crippen LogP contribution >= 0.6 is 0 Å². The summed E-state index contributed by atoms with van der Waals surface area (Å²) >= 11 is 0. The number of nitrogens with one attached hydrogen (secondary N) is 2. The number of aryl methyl sites for hydroxylation is 1. The van der Waals surface area contributed by atoms with Gasteiger partial charge in [-0.05, 0) is 31.2 Å². The van der Waals surface area contributed by atoms with Crippen LogP contribution in [0.4, 0.5) is 0 Å². The van der Waals surface area contributed by atoms with E-state index in [1.165, 1.54) is 12.1 Å². The summed E-state index contributed by atoms with van der Waals surface area (Å²) < 4.78 is 50.2. The lowest BCUT2D eigenvalue weighted by Crippen LogP contribution is -2.44. The fourth-order valence-corrected chi connectivity index (χ4v) is 4.97. The first-order valence-corrected chi connectivity index (χ1v) is 12.9. The number of morpholine rings is 1. The highest BCUT2D eigenvalue weighted by atomic mass is 32.2. The van der Waals surface area contributed by atoms with Crippen LogP contribution < -0.4 is 19.5 Å². The molecule has 186 valence electrons. The van der Waals surface area contributed by atoms with Gasteiger partial charge in [-0.15, -0.1) is 0 Å². The van der Waals surface area contributed by atoms with Gasteiger partial charge in [0, 0.05) is 45.1 Å². The highest BCUT2D eigenvalue weighted by Crippen LogP contribution is 2.31. The second kappa shape index (κ2) is 11.2. The lowest BCUT2D eigenvalue weighted by Gasteiger charge is -2.33. The maximum absolute atomic E-state index is 12.7. The Hall–Kier alpha value is -2.60. The molecule has 0 aliphatic carbocycles. The topological polar surface area (TPSA) is 119 Å². The molecular weight excluding hydrogens is 462 g/mol. The van der Waals surface area contributed by atoms with E-state index in [1.807, 2.05) is 19.1 Å². The maximum Gasteiger partial charge on any atom is 0.240 e. The van der Waals surface area contributed by atoms with Crippen LogP contribution in [0.15, 0.2) is 39.6 Å². The highest BCUT2D eigenvalue weighted by Gasteiger charge is 2.26. The predicted molar refractivity (Wildman–Crippen MR) is 123 cm³/mol. The number of fused-ring (bicyclic) bond motifs is 1. The molecule has 1 saturated heterocycles. The summed E-state index contributed by atoms with van der Waals surface area (Å²) in [5, 5.41) is 2.91. The molecule has 2 aliphatic heterocycles. The quantitative estimate of drug-likeness (QED) is 0.541. The van der Waals surface area contributed by atoms with Crippen molar-refractivity contribution in [3.8, 4) is 11.5 Å². The molecule has 3 heterocycles. The minimum Gasteiger partial charge on any atom is -0.490 e. The standard InChI is InChI=1S/C23H31N3O7S/c1-17-3-5-20(33-17)19(26-9-13-30-14-10-26)16-24-23(27)7-8-25-34(28,29)18-4-6-21-22(15-18)32-12-2-11-31-21/h3-6,15,19,25H,2,7-14,16H2,1H3,(H,24,27). The van der Waals surface area contributed by atoms with E-state index < -0.39 is 10.0 Å². The van der Waals surface area contributed by atoms with Crippen molar-refractivity contribution >= 4 is 15.9 Å². The van der Waals surface area contributed by atoms with Crippen molar-refractivity contribution in [2.75, 3.05) is 52.6 Å². The number of hydrogen-bond acceptors (Lipinski definition) is 8. The van der Waals surface area contributed by atoms with Crippen LogP contribution in [0, 0.1) is 6.92 Å². The van der Waals surface area contributed by atoms with Crippen LogP contribution in [0.25, 0.3) is 0 Å². The third-order valence-corrected chi connectivity index (χ3v) is 7.20. The molecule has 2 aliphatic rings. The second-order valence-electron chi connectivity index (χ2n) is 8.22. The first-order chi connectivity index (χ1) is 16.4. The number of rotatable bonds is 9. The third-order valence-electron chi connectivity index (χ3n) is 5.74. The Labute approximate surface area is 199 Å². The van der Waals surface area contributed by atoms with Gasteiger partial charge in [-0.3, -0.25) is 9.69 Å². The van der Waals surface area contributed by atoms with Crippen molar-refractivity contribution < 1.29 is 31.8 Å². The van der Waals surface area contributed by atoms with Crippen LogP contribution in [-0.2, 0) is 19.6 Å². The summed E-state index contributed by atoms with van der Waals surface area (Å²) in [4.78, 5) is 14.7. The predicted octanol–water partition coefficient (Wildman–Crippen LogP) is 1.61. The molecule has 0 bridgehead atoms. The number of carbonyl (C=O) groups excluding carboxylic acids is 1. The van der Waals surface area contributed by atoms with Crippen molar-refractivity contribution in [1.29, 1.82) is 0 Å². The zero-order valence-electron chi connectivity index (χ0n) is 19.2. The summed E-state index contributed by atoms with van der Waals surface area (Å²) in [5.74, 6) is 2.28. The van der Waals surface area contributed by atoms with Gasteiger partial charge in [0.05, 0.1) is 37.4 Å². The monoisotopic (exact) mass is 493 g/mol. The van der Waals surface area contributed by atoms with Gasteiger partial charge in [-0.25, -0.2) is 13.1 Å². The van der Waals surface area contributed by atoms with Crippen molar-refractivity contribution in [3.05, 3.63) is 41.9 Å². The van der Waals surface area contributed by atoms with Crippen LogP contribution in [0.5, 0.6) is 11.5 Å². The van der Waals surface area contributed by atoms with Gasteiger partial charge in [0.1, 0.15) is 11.5 Å². The zero-order chi connectivity index (χ0) is 24.0. The molecule has 2 N–H and O–H groups in total. The van der Waals surface area contributed by atoms with Gasteiger partial charge in [0.2, 0.25) is 15.9 Å². The third kappa shape index (κ3) is 6.29. The number of sulfonamides is 1. The molecule has 1 unspecified atom stereocenters. The Balaban J connectivity index is 1.29. The van der Waals surface area contributed by atoms with Gasteiger partial charge in [0.15, 0.2) is 11.5 Å². The lowest BCUT2D eigenvalue weighted by molar-refractivity contribution is -0.121. The Kier molecular flexibility index (Phi) is 8.09. The molecule has 11 heteroatoms. The number of furan rings is 1. The molecule has 0 saturated carbocycles. The maximum atomic E-state index is 12.7. The fourth-order valence-electron chi connectivity index (χ4n) is 3.92. The van der Waals surface area contributed by atoms with E-state index in [4.69, 9.17) is 18.6 Å². The summed E-state index contributed by atoms with van der Waals surface area (Å²) in [5.41, 5.74) is 0. The molecule has 0 spiro atoms. The van der Waals surface area contributed by atoms with Crippen molar-refractivity contribution in [2.45, 2.75) is 30.7 Å². The molecule has 1 fully saturated rings. The Morgan fingerprint density at radius 1 is 1.06 bits per heavy atom. The summed E-state index contributed by atoms with van der Waals surface area (Å²) in [6.45, 7) is 5.97. The highest BCUT2D eigenvalue weighted by molar-refractivity contribution is 7.89. The summed E-state index contributed by atoms with van der Waals surface area (Å²) in [6, 6.07) is 8.21. The normalized spacial score (nSPS) is 17.7. The van der Waals surface area contributed by atoms with Crippen LogP contribution in [0.1, 0.15) is 30.4 Å². The number of ether oxygens (including phenoxy) is 3. The van der Waals surface area contributed by atoms with Gasteiger partial charge < -0.3 is 23.9 Å². The molecule has 2 aromatic rings. The van der Waals surface area contributed by atoms with Crippen molar-refractivity contribution in [1.82, 2.24) is 14.9 Å². The average Bonchev–Trinajstić information content (AvgIpc) is 3.11. The van der Waals surface area contributed by atoms with Crippen LogP contribution in [-0.4, -0.2) is 71.8 Å². The Bertz CT molecular complexity index is 1080. The molecule has 0 radical (unpaired) electrons. The van der Waals surface area contributed by atoms with Crippen LogP contribution in [0.2, 0.25) is 0 Å². The van der Waals surface area contributed by atoms with Gasteiger partial charge in [-0.2, -0.15) is 0 Å². The SMILES string of the molecule is Cc1ccc(C(CNC(=O)CCNS(=O)(=O)c2ccc3c(c2)OCCCO3)N2CCOCC2)o1. The largest absolute Gasteiger partial charge is 0.490 e. The fraction of sp³-hybridized carbons (Fsp3) is 0.522. The van der Waals surface area contributed by atoms with E-state index in [2.05, 4.69) is 14.9 Å². The molecule has 1 atom stereocenters. The molecular formula is C23H31N3O7S. The molecule has 1 aromatic heterocycles. The summed E-state index contributed by atoms with van der Waals surface area (Å²) in [7, 11) is -3.79. The molecule has 10 nitrogen and oxygen atoms in total. The molecule has 1 aromatic carbocycles. The van der Waals surface area contributed by atoms with Gasteiger partial charge >= 0.3 is 0 Å². The van der Waals surface area contributed by atoms with Crippen LogP contribution in [0.3, 0.4) is 0 Å². The van der Waals surface area contributed by atoms with E-state index >= 15 is 0 Å². The van der Waals surface area contributed by atoms with Crippen molar-refractivity contribution in [2.24, 2.45) is 0 Å². The number of nitrogens with zero attached hydrogens (tertiary/aromatic N) is 1. The Morgan fingerprint density at radius 3 is 2.56 bits per heavy atom. The van der Waals surface area contributed by atoms with E-state index in [1.54, 1.807) is 6.07 Å². The number of benzene rings is 1. The van der Waals surface area contributed by atoms with E-state index in [9.17, 15) is 13.2 Å². The number of hydrogen-bond donors (Lipinski definition) is 2. The first-order valence-electron chi connectivity index (χ1n) is 11.5. The molecule has 1 amide bonds. The second-order valence-corrected chi connectivity index (χ2v) is 9.99. The van der Waals surface area contributed by atoms with E-state index in [0.717, 1.165) is 31.0 Å². The first kappa shape index (κ1) is 24.5.